The molecule has 1 aromatic carbocycles. The summed E-state index contributed by atoms with van der Waals surface area (Å²) in [6.45, 7) is 4.12. The van der Waals surface area contributed by atoms with Crippen molar-refractivity contribution in [2.45, 2.75) is 58.2 Å². The van der Waals surface area contributed by atoms with Crippen LogP contribution in [0.2, 0.25) is 0 Å². The molecule has 1 saturated heterocycles. The third-order valence-corrected chi connectivity index (χ3v) is 5.22. The van der Waals surface area contributed by atoms with Crippen molar-refractivity contribution in [1.82, 2.24) is 15.5 Å². The van der Waals surface area contributed by atoms with E-state index in [9.17, 15) is 19.2 Å². The Hall–Kier alpha value is -3.10. The van der Waals surface area contributed by atoms with E-state index in [1.807, 2.05) is 44.2 Å². The van der Waals surface area contributed by atoms with E-state index in [4.69, 9.17) is 4.74 Å². The first-order valence-electron chi connectivity index (χ1n) is 10.9. The van der Waals surface area contributed by atoms with Gasteiger partial charge in [-0.2, -0.15) is 0 Å². The maximum Gasteiger partial charge on any atom is 0.410 e. The van der Waals surface area contributed by atoms with Crippen molar-refractivity contribution in [3.8, 4) is 0 Å². The predicted molar refractivity (Wildman–Crippen MR) is 117 cm³/mol. The van der Waals surface area contributed by atoms with Crippen LogP contribution in [0.1, 0.15) is 45.1 Å². The van der Waals surface area contributed by atoms with Gasteiger partial charge in [-0.15, -0.1) is 0 Å². The number of carbonyl (C=O) groups excluding carboxylic acids is 4. The van der Waals surface area contributed by atoms with Crippen LogP contribution in [0.15, 0.2) is 30.3 Å². The van der Waals surface area contributed by atoms with Gasteiger partial charge in [-0.25, -0.2) is 4.79 Å². The molecule has 2 rings (SSSR count). The topological polar surface area (TPSA) is 114 Å². The second-order valence-electron chi connectivity index (χ2n) is 8.23. The van der Waals surface area contributed by atoms with Gasteiger partial charge in [-0.05, 0) is 37.2 Å². The van der Waals surface area contributed by atoms with Crippen molar-refractivity contribution in [2.75, 3.05) is 20.2 Å². The highest BCUT2D eigenvalue weighted by atomic mass is 16.6. The number of esters is 1. The highest BCUT2D eigenvalue weighted by Gasteiger charge is 2.35. The van der Waals surface area contributed by atoms with E-state index in [1.165, 1.54) is 12.0 Å². The molecule has 3 amide bonds. The molecule has 1 heterocycles. The molecule has 0 aliphatic carbocycles. The van der Waals surface area contributed by atoms with Crippen LogP contribution in [-0.2, 0) is 30.5 Å². The molecule has 0 radical (unpaired) electrons. The Morgan fingerprint density at radius 3 is 2.50 bits per heavy atom. The van der Waals surface area contributed by atoms with Gasteiger partial charge in [0.2, 0.25) is 11.8 Å². The fraction of sp³-hybridized carbons (Fsp3) is 0.565. The summed E-state index contributed by atoms with van der Waals surface area (Å²) in [7, 11) is 1.23. The first-order valence-corrected chi connectivity index (χ1v) is 10.9. The minimum Gasteiger partial charge on any atom is -0.468 e. The van der Waals surface area contributed by atoms with Crippen LogP contribution in [0.25, 0.3) is 0 Å². The Bertz CT molecular complexity index is 783. The Labute approximate surface area is 188 Å². The molecule has 1 aliphatic rings. The summed E-state index contributed by atoms with van der Waals surface area (Å²) in [5.41, 5.74) is 0.859. The summed E-state index contributed by atoms with van der Waals surface area (Å²) in [5.74, 6) is -1.32. The largest absolute Gasteiger partial charge is 0.468 e. The zero-order valence-corrected chi connectivity index (χ0v) is 19.0. The molecule has 32 heavy (non-hydrogen) atoms. The van der Waals surface area contributed by atoms with Gasteiger partial charge in [0.25, 0.3) is 0 Å². The normalized spacial score (nSPS) is 16.8. The van der Waals surface area contributed by atoms with Gasteiger partial charge in [-0.1, -0.05) is 44.2 Å². The first kappa shape index (κ1) is 25.2. The fourth-order valence-corrected chi connectivity index (χ4v) is 3.55. The van der Waals surface area contributed by atoms with Gasteiger partial charge in [0.05, 0.1) is 7.11 Å². The van der Waals surface area contributed by atoms with E-state index in [1.54, 1.807) is 0 Å². The second-order valence-corrected chi connectivity index (χ2v) is 8.23. The highest BCUT2D eigenvalue weighted by Crippen LogP contribution is 2.19. The number of benzene rings is 1. The molecule has 0 spiro atoms. The van der Waals surface area contributed by atoms with E-state index in [0.29, 0.717) is 19.4 Å². The lowest BCUT2D eigenvalue weighted by molar-refractivity contribution is -0.141. The molecule has 0 unspecified atom stereocenters. The number of likely N-dealkylation sites (tertiary alicyclic amines) is 1. The van der Waals surface area contributed by atoms with Gasteiger partial charge >= 0.3 is 12.1 Å². The average molecular weight is 448 g/mol. The van der Waals surface area contributed by atoms with Crippen LogP contribution < -0.4 is 10.6 Å². The minimum absolute atomic E-state index is 0.121. The molecular formula is C23H33N3O6. The number of nitrogens with zero attached hydrogens (tertiary/aromatic N) is 1. The molecule has 2 N–H and O–H groups in total. The smallest absolute Gasteiger partial charge is 0.410 e. The van der Waals surface area contributed by atoms with E-state index in [2.05, 4.69) is 15.4 Å². The molecular weight excluding hydrogens is 414 g/mol. The van der Waals surface area contributed by atoms with E-state index >= 15 is 0 Å². The molecule has 9 nitrogen and oxygen atoms in total. The van der Waals surface area contributed by atoms with Crippen LogP contribution in [0.4, 0.5) is 4.79 Å². The monoisotopic (exact) mass is 447 g/mol. The summed E-state index contributed by atoms with van der Waals surface area (Å²) in [6, 6.07) is 7.78. The van der Waals surface area contributed by atoms with Gasteiger partial charge in [0, 0.05) is 6.54 Å². The fourth-order valence-electron chi connectivity index (χ4n) is 3.55. The number of methoxy groups -OCH3 is 1. The van der Waals surface area contributed by atoms with Gasteiger partial charge < -0.3 is 20.1 Å². The zero-order valence-electron chi connectivity index (χ0n) is 19.0. The third-order valence-electron chi connectivity index (χ3n) is 5.22. The van der Waals surface area contributed by atoms with E-state index < -0.39 is 36.0 Å². The molecule has 0 aromatic heterocycles. The third kappa shape index (κ3) is 7.86. The van der Waals surface area contributed by atoms with E-state index in [0.717, 1.165) is 18.4 Å². The van der Waals surface area contributed by atoms with Crippen molar-refractivity contribution in [3.63, 3.8) is 0 Å². The van der Waals surface area contributed by atoms with Gasteiger partial charge in [-0.3, -0.25) is 19.3 Å². The number of hydrogen-bond acceptors (Lipinski definition) is 6. The average Bonchev–Trinajstić information content (AvgIpc) is 2.80. The minimum atomic E-state index is -0.823. The predicted octanol–water partition coefficient (Wildman–Crippen LogP) is 2.00. The van der Waals surface area contributed by atoms with Crippen LogP contribution in [-0.4, -0.2) is 61.1 Å². The zero-order chi connectivity index (χ0) is 23.5. The van der Waals surface area contributed by atoms with Crippen molar-refractivity contribution < 1.29 is 28.7 Å². The van der Waals surface area contributed by atoms with E-state index in [-0.39, 0.29) is 19.1 Å². The number of piperidine rings is 1. The number of carbonyl (C=O) groups is 4. The van der Waals surface area contributed by atoms with Crippen molar-refractivity contribution in [1.29, 1.82) is 0 Å². The number of ether oxygens (including phenoxy) is 2. The van der Waals surface area contributed by atoms with Crippen LogP contribution in [0, 0.1) is 5.92 Å². The molecule has 176 valence electrons. The number of hydrogen-bond donors (Lipinski definition) is 2. The summed E-state index contributed by atoms with van der Waals surface area (Å²) < 4.78 is 9.95. The summed E-state index contributed by atoms with van der Waals surface area (Å²) in [5, 5.41) is 5.25. The molecule has 1 fully saturated rings. The van der Waals surface area contributed by atoms with Crippen molar-refractivity contribution in [3.05, 3.63) is 35.9 Å². The lowest BCUT2D eigenvalue weighted by Gasteiger charge is -2.34. The molecule has 9 heteroatoms. The SMILES string of the molecule is COC(=O)CNC(=O)[C@H](CC(C)C)NC(=O)[C@@H]1CCCCN1C(=O)OCc1ccccc1. The molecule has 0 saturated carbocycles. The molecule has 2 atom stereocenters. The first-order chi connectivity index (χ1) is 15.3. The lowest BCUT2D eigenvalue weighted by atomic mass is 9.99. The maximum atomic E-state index is 13.0. The number of nitrogens with one attached hydrogen (secondary N) is 2. The molecule has 1 aromatic rings. The van der Waals surface area contributed by atoms with Gasteiger partial charge in [0.1, 0.15) is 25.2 Å². The molecule has 0 bridgehead atoms. The summed E-state index contributed by atoms with van der Waals surface area (Å²) >= 11 is 0. The Kier molecular flexibility index (Phi) is 9.97. The quantitative estimate of drug-likeness (QED) is 0.560. The number of rotatable bonds is 9. The number of amides is 3. The van der Waals surface area contributed by atoms with Crippen LogP contribution >= 0.6 is 0 Å². The van der Waals surface area contributed by atoms with Crippen molar-refractivity contribution >= 4 is 23.9 Å². The Morgan fingerprint density at radius 1 is 1.12 bits per heavy atom. The van der Waals surface area contributed by atoms with Crippen LogP contribution in [0.3, 0.4) is 0 Å². The van der Waals surface area contributed by atoms with Gasteiger partial charge in [0.15, 0.2) is 0 Å². The highest BCUT2D eigenvalue weighted by molar-refractivity contribution is 5.92. The summed E-state index contributed by atoms with van der Waals surface area (Å²) in [6.07, 6.45) is 1.90. The maximum absolute atomic E-state index is 13.0. The summed E-state index contributed by atoms with van der Waals surface area (Å²) in [4.78, 5) is 51.0. The molecule has 1 aliphatic heterocycles. The standard InChI is InChI=1S/C23H33N3O6/c1-16(2)13-18(21(28)24-14-20(27)31-3)25-22(29)19-11-7-8-12-26(19)23(30)32-15-17-9-5-4-6-10-17/h4-6,9-10,16,18-19H,7-8,11-15H2,1-3H3,(H,24,28)(H,25,29)/t18-,19-/m0/s1. The second kappa shape index (κ2) is 12.7. The lowest BCUT2D eigenvalue weighted by Crippen LogP contribution is -2.56. The van der Waals surface area contributed by atoms with Crippen LogP contribution in [0.5, 0.6) is 0 Å². The Morgan fingerprint density at radius 2 is 1.84 bits per heavy atom. The Balaban J connectivity index is 2.01. The van der Waals surface area contributed by atoms with Crippen molar-refractivity contribution in [2.24, 2.45) is 5.92 Å².